The molecule has 0 aliphatic carbocycles. The zero-order chi connectivity index (χ0) is 23.7. The van der Waals surface area contributed by atoms with Crippen LogP contribution in [0.15, 0.2) is 42.5 Å². The maximum absolute atomic E-state index is 13.0. The van der Waals surface area contributed by atoms with Gasteiger partial charge in [-0.25, -0.2) is 10.1 Å². The van der Waals surface area contributed by atoms with Crippen LogP contribution >= 0.6 is 11.6 Å². The Hall–Kier alpha value is -3.00. The molecule has 1 N–H and O–H groups in total. The number of carbonyl (C=O) groups is 1. The molecule has 174 valence electrons. The second kappa shape index (κ2) is 12.1. The summed E-state index contributed by atoms with van der Waals surface area (Å²) in [5.41, 5.74) is 1.66. The topological polar surface area (TPSA) is 93.9 Å². The summed E-state index contributed by atoms with van der Waals surface area (Å²) in [7, 11) is 3.13. The van der Waals surface area contributed by atoms with E-state index in [1.54, 1.807) is 44.6 Å². The average molecular weight is 464 g/mol. The maximum Gasteiger partial charge on any atom is 0.248 e. The van der Waals surface area contributed by atoms with E-state index in [1.807, 2.05) is 26.0 Å². The number of hydrogen-bond acceptors (Lipinski definition) is 5. The monoisotopic (exact) mass is 463 g/mol. The van der Waals surface area contributed by atoms with Crippen LogP contribution < -0.4 is 14.8 Å². The average Bonchev–Trinajstić information content (AvgIpc) is 2.76. The van der Waals surface area contributed by atoms with Crippen molar-refractivity contribution in [2.75, 3.05) is 20.8 Å². The van der Waals surface area contributed by atoms with E-state index < -0.39 is 11.1 Å². The van der Waals surface area contributed by atoms with Crippen molar-refractivity contribution in [2.45, 2.75) is 39.3 Å². The number of halogens is 1. The molecule has 1 unspecified atom stereocenters. The van der Waals surface area contributed by atoms with Gasteiger partial charge in [0.2, 0.25) is 5.91 Å². The Morgan fingerprint density at radius 3 is 2.28 bits per heavy atom. The first kappa shape index (κ1) is 25.3. The molecule has 2 rings (SSSR count). The second-order valence-electron chi connectivity index (χ2n) is 7.84. The van der Waals surface area contributed by atoms with Crippen LogP contribution in [0.1, 0.15) is 31.4 Å². The van der Waals surface area contributed by atoms with Gasteiger partial charge in [-0.05, 0) is 54.2 Å². The lowest BCUT2D eigenvalue weighted by molar-refractivity contribution is -0.665. The number of methoxy groups -OCH3 is 2. The molecule has 0 heterocycles. The first-order chi connectivity index (χ1) is 15.2. The van der Waals surface area contributed by atoms with E-state index >= 15 is 0 Å². The van der Waals surface area contributed by atoms with E-state index in [0.717, 1.165) is 10.6 Å². The van der Waals surface area contributed by atoms with Crippen molar-refractivity contribution in [2.24, 2.45) is 5.92 Å². The van der Waals surface area contributed by atoms with Gasteiger partial charge in [0.05, 0.1) is 14.2 Å². The van der Waals surface area contributed by atoms with E-state index in [4.69, 9.17) is 21.1 Å². The number of hydrazine groups is 1. The number of amides is 1. The van der Waals surface area contributed by atoms with Crippen LogP contribution in [0.5, 0.6) is 11.5 Å². The van der Waals surface area contributed by atoms with Crippen molar-refractivity contribution in [3.05, 3.63) is 68.7 Å². The third-order valence-electron chi connectivity index (χ3n) is 4.99. The Labute approximate surface area is 193 Å². The van der Waals surface area contributed by atoms with Gasteiger partial charge >= 0.3 is 0 Å². The molecule has 0 aromatic heterocycles. The summed E-state index contributed by atoms with van der Waals surface area (Å²) in [5.74, 6) is 0.965. The van der Waals surface area contributed by atoms with Crippen LogP contribution in [0.4, 0.5) is 0 Å². The smallest absolute Gasteiger partial charge is 0.248 e. The molecule has 0 fully saturated rings. The molecule has 9 heteroatoms. The fourth-order valence-corrected chi connectivity index (χ4v) is 3.48. The standard InChI is InChI=1S/C23H30ClN3O5/c1-16(2)13-20(26(27(29)30)15-18-5-8-19(24)9-6-18)23(28)25-12-11-17-7-10-21(31-3)22(14-17)32-4/h5-10,14,16,20H,11-13,15H2,1-4H3,(H,25,28). The van der Waals surface area contributed by atoms with E-state index in [0.29, 0.717) is 41.5 Å². The van der Waals surface area contributed by atoms with Gasteiger partial charge in [0.25, 0.3) is 0 Å². The molecular weight excluding hydrogens is 434 g/mol. The van der Waals surface area contributed by atoms with Gasteiger partial charge in [-0.2, -0.15) is 0 Å². The van der Waals surface area contributed by atoms with Gasteiger partial charge in [-0.3, -0.25) is 4.79 Å². The third-order valence-corrected chi connectivity index (χ3v) is 5.24. The Morgan fingerprint density at radius 1 is 1.09 bits per heavy atom. The number of ether oxygens (including phenoxy) is 2. The lowest BCUT2D eigenvalue weighted by Gasteiger charge is -2.25. The van der Waals surface area contributed by atoms with E-state index in [9.17, 15) is 14.9 Å². The quantitative estimate of drug-likeness (QED) is 0.376. The van der Waals surface area contributed by atoms with Crippen molar-refractivity contribution < 1.29 is 19.3 Å². The third kappa shape index (κ3) is 7.30. The molecule has 1 atom stereocenters. The van der Waals surface area contributed by atoms with Crippen LogP contribution in [-0.2, 0) is 17.8 Å². The Bertz CT molecular complexity index is 905. The molecule has 0 bridgehead atoms. The van der Waals surface area contributed by atoms with Gasteiger partial charge in [-0.1, -0.05) is 43.6 Å². The normalized spacial score (nSPS) is 11.7. The summed E-state index contributed by atoms with van der Waals surface area (Å²) in [4.78, 5) is 24.8. The summed E-state index contributed by atoms with van der Waals surface area (Å²) in [6.07, 6.45) is 0.910. The lowest BCUT2D eigenvalue weighted by Crippen LogP contribution is -2.50. The van der Waals surface area contributed by atoms with Gasteiger partial charge in [-0.15, -0.1) is 5.01 Å². The number of nitrogens with one attached hydrogen (secondary N) is 1. The second-order valence-corrected chi connectivity index (χ2v) is 8.27. The molecule has 2 aromatic carbocycles. The van der Waals surface area contributed by atoms with Crippen LogP contribution in [-0.4, -0.2) is 42.8 Å². The predicted octanol–water partition coefficient (Wildman–Crippen LogP) is 4.12. The van der Waals surface area contributed by atoms with Crippen LogP contribution in [0.3, 0.4) is 0 Å². The summed E-state index contributed by atoms with van der Waals surface area (Å²) >= 11 is 5.91. The molecule has 0 aliphatic heterocycles. The molecule has 0 radical (unpaired) electrons. The van der Waals surface area contributed by atoms with Gasteiger partial charge in [0.15, 0.2) is 22.6 Å². The molecule has 0 saturated carbocycles. The highest BCUT2D eigenvalue weighted by molar-refractivity contribution is 6.30. The number of benzene rings is 2. The number of nitrogens with zero attached hydrogens (tertiary/aromatic N) is 2. The molecular formula is C23H30ClN3O5. The fourth-order valence-electron chi connectivity index (χ4n) is 3.35. The number of hydrogen-bond donors (Lipinski definition) is 1. The zero-order valence-corrected chi connectivity index (χ0v) is 19.6. The van der Waals surface area contributed by atoms with Gasteiger partial charge in [0, 0.05) is 11.6 Å². The molecule has 0 aliphatic rings. The van der Waals surface area contributed by atoms with Crippen LogP contribution in [0, 0.1) is 16.0 Å². The van der Waals surface area contributed by atoms with Crippen molar-refractivity contribution in [3.8, 4) is 11.5 Å². The summed E-state index contributed by atoms with van der Waals surface area (Å²) in [6, 6.07) is 11.4. The first-order valence-electron chi connectivity index (χ1n) is 10.4. The van der Waals surface area contributed by atoms with Crippen molar-refractivity contribution in [1.82, 2.24) is 10.3 Å². The molecule has 1 amide bonds. The highest BCUT2D eigenvalue weighted by atomic mass is 35.5. The Morgan fingerprint density at radius 2 is 1.72 bits per heavy atom. The Balaban J connectivity index is 2.08. The van der Waals surface area contributed by atoms with Crippen molar-refractivity contribution in [3.63, 3.8) is 0 Å². The minimum Gasteiger partial charge on any atom is -0.493 e. The van der Waals surface area contributed by atoms with Crippen molar-refractivity contribution >= 4 is 17.5 Å². The largest absolute Gasteiger partial charge is 0.493 e. The van der Waals surface area contributed by atoms with Crippen LogP contribution in [0.2, 0.25) is 5.02 Å². The lowest BCUT2D eigenvalue weighted by atomic mass is 10.0. The van der Waals surface area contributed by atoms with E-state index in [1.165, 1.54) is 0 Å². The number of carbonyl (C=O) groups excluding carboxylic acids is 1. The molecule has 0 saturated heterocycles. The minimum absolute atomic E-state index is 0.00462. The first-order valence-corrected chi connectivity index (χ1v) is 10.8. The summed E-state index contributed by atoms with van der Waals surface area (Å²) in [5, 5.41) is 15.7. The molecule has 8 nitrogen and oxygen atoms in total. The fraction of sp³-hybridized carbons (Fsp3) is 0.435. The number of rotatable bonds is 12. The SMILES string of the molecule is COc1ccc(CCNC(=O)C(CC(C)C)N(Cc2ccc(Cl)cc2)[N+](=O)[O-])cc1OC. The summed E-state index contributed by atoms with van der Waals surface area (Å²) in [6.45, 7) is 4.22. The highest BCUT2D eigenvalue weighted by Crippen LogP contribution is 2.27. The van der Waals surface area contributed by atoms with Crippen LogP contribution in [0.25, 0.3) is 0 Å². The highest BCUT2D eigenvalue weighted by Gasteiger charge is 2.33. The van der Waals surface area contributed by atoms with E-state index in [-0.39, 0.29) is 18.4 Å². The van der Waals surface area contributed by atoms with E-state index in [2.05, 4.69) is 5.32 Å². The molecule has 2 aromatic rings. The summed E-state index contributed by atoms with van der Waals surface area (Å²) < 4.78 is 10.5. The van der Waals surface area contributed by atoms with Gasteiger partial charge in [0.1, 0.15) is 6.54 Å². The Kier molecular flexibility index (Phi) is 9.59. The maximum atomic E-state index is 13.0. The minimum atomic E-state index is -0.897. The molecule has 0 spiro atoms. The zero-order valence-electron chi connectivity index (χ0n) is 18.8. The molecule has 32 heavy (non-hydrogen) atoms. The number of nitro groups is 1. The predicted molar refractivity (Wildman–Crippen MR) is 123 cm³/mol. The van der Waals surface area contributed by atoms with Crippen molar-refractivity contribution in [1.29, 1.82) is 0 Å². The van der Waals surface area contributed by atoms with Gasteiger partial charge < -0.3 is 14.8 Å².